The quantitative estimate of drug-likeness (QED) is 0.147. The second-order valence-electron chi connectivity index (χ2n) is 7.68. The molecule has 0 saturated heterocycles. The molecule has 1 aliphatic heterocycles. The van der Waals surface area contributed by atoms with Gasteiger partial charge in [-0.25, -0.2) is 9.79 Å². The number of benzene rings is 2. The minimum Gasteiger partial charge on any atom is -0.480 e. The standard InChI is InChI=1S/C22H23ClIN5O4S/c1-11-15-6-7-29(20(31)12-2-4-14(24)5-3-12)10-13(15)8-16(23)18(11)19(30)27-17(21(32)33)9-26-22(25)28-34/h2-5,8,17,34H,6-7,9-10H2,1H3,(H,27,30)(H,32,33)(H3,25,26,28)/t17-/m0/s1. The Morgan fingerprint density at radius 1 is 1.32 bits per heavy atom. The van der Waals surface area contributed by atoms with Gasteiger partial charge in [-0.3, -0.25) is 9.59 Å². The average Bonchev–Trinajstić information content (AvgIpc) is 2.80. The van der Waals surface area contributed by atoms with Gasteiger partial charge in [-0.05, 0) is 83.0 Å². The molecule has 0 saturated carbocycles. The van der Waals surface area contributed by atoms with Crippen molar-refractivity contribution in [2.24, 2.45) is 10.7 Å². The molecule has 180 valence electrons. The number of carbonyl (C=O) groups excluding carboxylic acids is 2. The van der Waals surface area contributed by atoms with Crippen LogP contribution in [0.15, 0.2) is 35.3 Å². The number of carboxylic acids is 1. The molecule has 1 heterocycles. The van der Waals surface area contributed by atoms with Crippen LogP contribution in [-0.2, 0) is 17.8 Å². The number of halogens is 2. The van der Waals surface area contributed by atoms with Gasteiger partial charge in [-0.2, -0.15) is 0 Å². The van der Waals surface area contributed by atoms with Gasteiger partial charge < -0.3 is 25.8 Å². The molecule has 2 aromatic rings. The maximum atomic E-state index is 13.0. The van der Waals surface area contributed by atoms with Crippen LogP contribution in [0.4, 0.5) is 0 Å². The number of hydrogen-bond donors (Lipinski definition) is 5. The van der Waals surface area contributed by atoms with E-state index in [-0.39, 0.29) is 29.0 Å². The van der Waals surface area contributed by atoms with Gasteiger partial charge in [0.2, 0.25) is 0 Å². The Morgan fingerprint density at radius 3 is 2.62 bits per heavy atom. The van der Waals surface area contributed by atoms with E-state index in [0.717, 1.165) is 14.7 Å². The van der Waals surface area contributed by atoms with Crippen molar-refractivity contribution < 1.29 is 19.5 Å². The van der Waals surface area contributed by atoms with Crippen molar-refractivity contribution in [2.75, 3.05) is 13.1 Å². The highest BCUT2D eigenvalue weighted by Gasteiger charge is 2.28. The molecule has 5 N–H and O–H groups in total. The first-order chi connectivity index (χ1) is 16.1. The highest BCUT2D eigenvalue weighted by atomic mass is 127. The summed E-state index contributed by atoms with van der Waals surface area (Å²) < 4.78 is 3.33. The van der Waals surface area contributed by atoms with Crippen LogP contribution in [0, 0.1) is 10.5 Å². The molecule has 34 heavy (non-hydrogen) atoms. The molecule has 1 aliphatic rings. The van der Waals surface area contributed by atoms with Gasteiger partial charge in [0, 0.05) is 22.2 Å². The Bertz CT molecular complexity index is 1160. The summed E-state index contributed by atoms with van der Waals surface area (Å²) >= 11 is 12.4. The molecule has 0 aliphatic carbocycles. The molecule has 2 amide bonds. The molecule has 0 spiro atoms. The number of nitrogens with two attached hydrogens (primary N) is 1. The van der Waals surface area contributed by atoms with Gasteiger partial charge in [0.1, 0.15) is 6.04 Å². The molecule has 12 heteroatoms. The van der Waals surface area contributed by atoms with Crippen LogP contribution < -0.4 is 15.8 Å². The fraction of sp³-hybridized carbons (Fsp3) is 0.273. The van der Waals surface area contributed by atoms with Crippen molar-refractivity contribution in [1.82, 2.24) is 14.9 Å². The van der Waals surface area contributed by atoms with E-state index in [9.17, 15) is 19.5 Å². The van der Waals surface area contributed by atoms with E-state index >= 15 is 0 Å². The fourth-order valence-corrected chi connectivity index (χ4v) is 4.56. The number of nitrogens with zero attached hydrogens (tertiary/aromatic N) is 2. The zero-order chi connectivity index (χ0) is 25.0. The number of aliphatic carboxylic acids is 1. The fourth-order valence-electron chi connectivity index (χ4n) is 3.77. The molecule has 0 aromatic heterocycles. The Kier molecular flexibility index (Phi) is 8.66. The Labute approximate surface area is 220 Å². The number of amides is 2. The lowest BCUT2D eigenvalue weighted by Gasteiger charge is -2.31. The third-order valence-electron chi connectivity index (χ3n) is 5.52. The first kappa shape index (κ1) is 26.1. The van der Waals surface area contributed by atoms with Crippen LogP contribution in [0.3, 0.4) is 0 Å². The third-order valence-corrected chi connectivity index (χ3v) is 6.76. The normalized spacial score (nSPS) is 14.2. The van der Waals surface area contributed by atoms with Gasteiger partial charge in [0.05, 0.1) is 17.1 Å². The number of thiol groups is 1. The molecule has 3 rings (SSSR count). The summed E-state index contributed by atoms with van der Waals surface area (Å²) in [7, 11) is 0. The maximum Gasteiger partial charge on any atom is 0.328 e. The van der Waals surface area contributed by atoms with Gasteiger partial charge in [-0.1, -0.05) is 24.4 Å². The lowest BCUT2D eigenvalue weighted by molar-refractivity contribution is -0.138. The molecule has 0 fully saturated rings. The second-order valence-corrected chi connectivity index (χ2v) is 9.56. The highest BCUT2D eigenvalue weighted by molar-refractivity contribution is 14.1. The summed E-state index contributed by atoms with van der Waals surface area (Å²) in [6, 6.07) is 7.74. The van der Waals surface area contributed by atoms with E-state index in [2.05, 4.69) is 50.4 Å². The predicted octanol–water partition coefficient (Wildman–Crippen LogP) is 2.38. The predicted molar refractivity (Wildman–Crippen MR) is 141 cm³/mol. The van der Waals surface area contributed by atoms with Crippen LogP contribution in [0.5, 0.6) is 0 Å². The second kappa shape index (κ2) is 11.3. The Morgan fingerprint density at radius 2 is 2.00 bits per heavy atom. The molecule has 0 radical (unpaired) electrons. The van der Waals surface area contributed by atoms with E-state index in [1.807, 2.05) is 12.1 Å². The van der Waals surface area contributed by atoms with Crippen LogP contribution in [0.2, 0.25) is 5.02 Å². The molecular formula is C22H23ClIN5O4S. The average molecular weight is 616 g/mol. The summed E-state index contributed by atoms with van der Waals surface area (Å²) in [5, 5.41) is 12.1. The lowest BCUT2D eigenvalue weighted by Crippen LogP contribution is -2.44. The summed E-state index contributed by atoms with van der Waals surface area (Å²) in [4.78, 5) is 43.0. The molecule has 0 bridgehead atoms. The van der Waals surface area contributed by atoms with E-state index in [0.29, 0.717) is 30.6 Å². The van der Waals surface area contributed by atoms with Crippen molar-refractivity contribution in [1.29, 1.82) is 0 Å². The van der Waals surface area contributed by atoms with Crippen LogP contribution in [0.1, 0.15) is 37.4 Å². The first-order valence-electron chi connectivity index (χ1n) is 10.2. The Hall–Kier alpha value is -2.51. The van der Waals surface area contributed by atoms with Crippen LogP contribution in [0.25, 0.3) is 0 Å². The zero-order valence-electron chi connectivity index (χ0n) is 18.1. The lowest BCUT2D eigenvalue weighted by atomic mass is 9.91. The molecule has 1 atom stereocenters. The Balaban J connectivity index is 1.81. The SMILES string of the molecule is Cc1c2c(cc(Cl)c1C(=O)N[C@@H](CN=C(N)NS)C(=O)O)CN(C(=O)c1ccc(I)cc1)CC2. The number of guanidine groups is 1. The van der Waals surface area contributed by atoms with E-state index < -0.39 is 17.9 Å². The molecule has 0 unspecified atom stereocenters. The summed E-state index contributed by atoms with van der Waals surface area (Å²) in [5.74, 6) is -2.03. The van der Waals surface area contributed by atoms with E-state index in [4.69, 9.17) is 17.3 Å². The number of carbonyl (C=O) groups is 3. The number of carboxylic acid groups (broad SMARTS) is 1. The van der Waals surface area contributed by atoms with Crippen molar-refractivity contribution in [3.8, 4) is 0 Å². The van der Waals surface area contributed by atoms with Gasteiger partial charge >= 0.3 is 5.97 Å². The summed E-state index contributed by atoms with van der Waals surface area (Å²) in [6.07, 6.45) is 0.547. The van der Waals surface area contributed by atoms with Gasteiger partial charge in [0.15, 0.2) is 5.96 Å². The van der Waals surface area contributed by atoms with Crippen molar-refractivity contribution >= 4 is 70.7 Å². The van der Waals surface area contributed by atoms with Crippen LogP contribution in [-0.4, -0.2) is 52.9 Å². The van der Waals surface area contributed by atoms with Crippen molar-refractivity contribution in [3.05, 3.63) is 66.7 Å². The first-order valence-corrected chi connectivity index (χ1v) is 12.1. The number of nitrogens with one attached hydrogen (secondary N) is 2. The van der Waals surface area contributed by atoms with Gasteiger partial charge in [0.25, 0.3) is 11.8 Å². The number of aliphatic imine (C=N–C) groups is 1. The van der Waals surface area contributed by atoms with Gasteiger partial charge in [-0.15, -0.1) is 0 Å². The number of fused-ring (bicyclic) bond motifs is 1. The zero-order valence-corrected chi connectivity index (χ0v) is 21.9. The monoisotopic (exact) mass is 615 g/mol. The topological polar surface area (TPSA) is 137 Å². The van der Waals surface area contributed by atoms with Crippen molar-refractivity contribution in [3.63, 3.8) is 0 Å². The summed E-state index contributed by atoms with van der Waals surface area (Å²) in [6.45, 7) is 2.35. The van der Waals surface area contributed by atoms with E-state index in [1.54, 1.807) is 30.0 Å². The largest absolute Gasteiger partial charge is 0.480 e. The smallest absolute Gasteiger partial charge is 0.328 e. The molecule has 9 nitrogen and oxygen atoms in total. The van der Waals surface area contributed by atoms with E-state index in [1.165, 1.54) is 0 Å². The molecule has 2 aromatic carbocycles. The number of hydrogen-bond acceptors (Lipinski definition) is 5. The van der Waals surface area contributed by atoms with Crippen molar-refractivity contribution in [2.45, 2.75) is 25.9 Å². The molecular weight excluding hydrogens is 593 g/mol. The maximum absolute atomic E-state index is 13.0. The van der Waals surface area contributed by atoms with Crippen LogP contribution >= 0.6 is 47.0 Å². The minimum absolute atomic E-state index is 0.0718. The highest BCUT2D eigenvalue weighted by Crippen LogP contribution is 2.31. The third kappa shape index (κ3) is 5.94. The number of rotatable bonds is 6. The minimum atomic E-state index is -1.30. The summed E-state index contributed by atoms with van der Waals surface area (Å²) in [5.41, 5.74) is 8.72.